The Labute approximate surface area is 69.4 Å². The van der Waals surface area contributed by atoms with Crippen LogP contribution in [0.25, 0.3) is 0 Å². The molecule has 0 aromatic carbocycles. The minimum absolute atomic E-state index is 0.00551. The SMILES string of the molecule is OC1CO[C@H](C(O)CCl)C1O. The van der Waals surface area contributed by atoms with Crippen molar-refractivity contribution in [2.24, 2.45) is 0 Å². The minimum atomic E-state index is -1.02. The van der Waals surface area contributed by atoms with E-state index >= 15 is 0 Å². The van der Waals surface area contributed by atoms with Crippen molar-refractivity contribution in [3.63, 3.8) is 0 Å². The first-order valence-corrected chi connectivity index (χ1v) is 3.92. The Morgan fingerprint density at radius 1 is 1.55 bits per heavy atom. The van der Waals surface area contributed by atoms with E-state index in [0.29, 0.717) is 0 Å². The molecular weight excluding hydrogens is 172 g/mol. The molecular formula is C6H11ClO4. The van der Waals surface area contributed by atoms with Gasteiger partial charge in [-0.2, -0.15) is 0 Å². The first-order chi connectivity index (χ1) is 5.16. The highest BCUT2D eigenvalue weighted by Gasteiger charge is 2.38. The Balaban J connectivity index is 2.47. The summed E-state index contributed by atoms with van der Waals surface area (Å²) in [5, 5.41) is 27.3. The molecule has 3 N–H and O–H groups in total. The van der Waals surface area contributed by atoms with E-state index in [-0.39, 0.29) is 12.5 Å². The van der Waals surface area contributed by atoms with E-state index in [2.05, 4.69) is 0 Å². The van der Waals surface area contributed by atoms with Crippen molar-refractivity contribution in [3.05, 3.63) is 0 Å². The summed E-state index contributed by atoms with van der Waals surface area (Å²) < 4.78 is 4.90. The summed E-state index contributed by atoms with van der Waals surface area (Å²) in [5.74, 6) is -0.00551. The molecule has 0 radical (unpaired) electrons. The van der Waals surface area contributed by atoms with E-state index in [1.54, 1.807) is 0 Å². The van der Waals surface area contributed by atoms with Gasteiger partial charge >= 0.3 is 0 Å². The standard InChI is InChI=1S/C6H11ClO4/c7-1-3(8)6-5(10)4(9)2-11-6/h3-6,8-10H,1-2H2/t3?,4?,5?,6-/m1/s1. The second-order valence-corrected chi connectivity index (χ2v) is 2.89. The van der Waals surface area contributed by atoms with Crippen molar-refractivity contribution < 1.29 is 20.1 Å². The number of hydrogen-bond donors (Lipinski definition) is 3. The number of aliphatic hydroxyl groups excluding tert-OH is 3. The molecule has 11 heavy (non-hydrogen) atoms. The molecule has 1 heterocycles. The summed E-state index contributed by atoms with van der Waals surface area (Å²) in [6.45, 7) is 0.0553. The topological polar surface area (TPSA) is 69.9 Å². The third-order valence-corrected chi connectivity index (χ3v) is 2.04. The van der Waals surface area contributed by atoms with Gasteiger partial charge in [-0.1, -0.05) is 0 Å². The maximum absolute atomic E-state index is 9.17. The predicted octanol–water partition coefficient (Wildman–Crippen LogP) is -1.29. The van der Waals surface area contributed by atoms with Crippen molar-refractivity contribution in [1.82, 2.24) is 0 Å². The molecule has 0 aromatic rings. The number of hydrogen-bond acceptors (Lipinski definition) is 4. The molecule has 66 valence electrons. The van der Waals surface area contributed by atoms with Crippen LogP contribution in [0.3, 0.4) is 0 Å². The second-order valence-electron chi connectivity index (χ2n) is 2.58. The zero-order valence-corrected chi connectivity index (χ0v) is 6.61. The summed E-state index contributed by atoms with van der Waals surface area (Å²) in [6.07, 6.45) is -3.59. The van der Waals surface area contributed by atoms with Crippen molar-refractivity contribution >= 4 is 11.6 Å². The third-order valence-electron chi connectivity index (χ3n) is 1.73. The van der Waals surface area contributed by atoms with Crippen LogP contribution in [0, 0.1) is 0 Å². The van der Waals surface area contributed by atoms with Gasteiger partial charge in [0.15, 0.2) is 0 Å². The lowest BCUT2D eigenvalue weighted by Crippen LogP contribution is -2.39. The van der Waals surface area contributed by atoms with Crippen LogP contribution in [0.15, 0.2) is 0 Å². The molecule has 3 unspecified atom stereocenters. The van der Waals surface area contributed by atoms with Gasteiger partial charge in [0.2, 0.25) is 0 Å². The van der Waals surface area contributed by atoms with Gasteiger partial charge in [-0.3, -0.25) is 0 Å². The smallest absolute Gasteiger partial charge is 0.113 e. The molecule has 0 amide bonds. The van der Waals surface area contributed by atoms with E-state index in [9.17, 15) is 0 Å². The van der Waals surface area contributed by atoms with Crippen molar-refractivity contribution in [2.45, 2.75) is 24.4 Å². The summed E-state index contributed by atoms with van der Waals surface area (Å²) in [4.78, 5) is 0. The zero-order chi connectivity index (χ0) is 8.43. The second kappa shape index (κ2) is 3.69. The Kier molecular flexibility index (Phi) is 3.09. The van der Waals surface area contributed by atoms with Crippen LogP contribution in [0.2, 0.25) is 0 Å². The van der Waals surface area contributed by atoms with Gasteiger partial charge in [-0.05, 0) is 0 Å². The summed E-state index contributed by atoms with van der Waals surface area (Å²) in [5.41, 5.74) is 0. The van der Waals surface area contributed by atoms with Gasteiger partial charge < -0.3 is 20.1 Å². The molecule has 0 bridgehead atoms. The fourth-order valence-electron chi connectivity index (χ4n) is 1.05. The van der Waals surface area contributed by atoms with Crippen LogP contribution < -0.4 is 0 Å². The average molecular weight is 183 g/mol. The Morgan fingerprint density at radius 2 is 2.18 bits per heavy atom. The van der Waals surface area contributed by atoms with E-state index in [0.717, 1.165) is 0 Å². The van der Waals surface area contributed by atoms with E-state index in [4.69, 9.17) is 31.7 Å². The van der Waals surface area contributed by atoms with Crippen molar-refractivity contribution in [1.29, 1.82) is 0 Å². The highest BCUT2D eigenvalue weighted by molar-refractivity contribution is 6.18. The average Bonchev–Trinajstić information content (AvgIpc) is 2.32. The molecule has 5 heteroatoms. The Bertz CT molecular complexity index is 132. The van der Waals surface area contributed by atoms with E-state index in [1.165, 1.54) is 0 Å². The quantitative estimate of drug-likeness (QED) is 0.465. The molecule has 0 aliphatic carbocycles. The normalized spacial score (nSPS) is 40.9. The first-order valence-electron chi connectivity index (χ1n) is 3.38. The van der Waals surface area contributed by atoms with Crippen LogP contribution in [-0.4, -0.2) is 52.2 Å². The van der Waals surface area contributed by atoms with Crippen molar-refractivity contribution in [2.75, 3.05) is 12.5 Å². The maximum atomic E-state index is 9.17. The number of halogens is 1. The molecule has 4 nitrogen and oxygen atoms in total. The van der Waals surface area contributed by atoms with Crippen LogP contribution in [0.4, 0.5) is 0 Å². The molecule has 0 aromatic heterocycles. The van der Waals surface area contributed by atoms with Crippen molar-refractivity contribution in [3.8, 4) is 0 Å². The molecule has 4 atom stereocenters. The largest absolute Gasteiger partial charge is 0.389 e. The molecule has 1 fully saturated rings. The lowest BCUT2D eigenvalue weighted by molar-refractivity contribution is -0.0416. The molecule has 0 spiro atoms. The fourth-order valence-corrected chi connectivity index (χ4v) is 1.23. The van der Waals surface area contributed by atoms with Gasteiger partial charge in [0.25, 0.3) is 0 Å². The Hall–Kier alpha value is 0.130. The summed E-state index contributed by atoms with van der Waals surface area (Å²) >= 11 is 5.32. The summed E-state index contributed by atoms with van der Waals surface area (Å²) in [7, 11) is 0. The van der Waals surface area contributed by atoms with Gasteiger partial charge in [-0.15, -0.1) is 11.6 Å². The number of rotatable bonds is 2. The summed E-state index contributed by atoms with van der Waals surface area (Å²) in [6, 6.07) is 0. The molecule has 1 aliphatic heterocycles. The predicted molar refractivity (Wildman–Crippen MR) is 38.5 cm³/mol. The number of aliphatic hydroxyl groups is 3. The number of alkyl halides is 1. The maximum Gasteiger partial charge on any atom is 0.113 e. The van der Waals surface area contributed by atoms with E-state index < -0.39 is 24.4 Å². The number of ether oxygens (including phenoxy) is 1. The lowest BCUT2D eigenvalue weighted by atomic mass is 10.1. The van der Waals surface area contributed by atoms with Crippen LogP contribution in [-0.2, 0) is 4.74 Å². The third kappa shape index (κ3) is 1.83. The van der Waals surface area contributed by atoms with Gasteiger partial charge in [0.1, 0.15) is 18.3 Å². The monoisotopic (exact) mass is 182 g/mol. The molecule has 1 saturated heterocycles. The van der Waals surface area contributed by atoms with Crippen LogP contribution in [0.5, 0.6) is 0 Å². The lowest BCUT2D eigenvalue weighted by Gasteiger charge is -2.18. The highest BCUT2D eigenvalue weighted by atomic mass is 35.5. The zero-order valence-electron chi connectivity index (χ0n) is 5.85. The highest BCUT2D eigenvalue weighted by Crippen LogP contribution is 2.17. The van der Waals surface area contributed by atoms with Crippen LogP contribution >= 0.6 is 11.6 Å². The Morgan fingerprint density at radius 3 is 2.55 bits per heavy atom. The first kappa shape index (κ1) is 9.22. The molecule has 0 saturated carbocycles. The minimum Gasteiger partial charge on any atom is -0.389 e. The van der Waals surface area contributed by atoms with E-state index in [1.807, 2.05) is 0 Å². The molecule has 1 rings (SSSR count). The fraction of sp³-hybridized carbons (Fsp3) is 1.00. The van der Waals surface area contributed by atoms with Crippen LogP contribution in [0.1, 0.15) is 0 Å². The molecule has 1 aliphatic rings. The van der Waals surface area contributed by atoms with Gasteiger partial charge in [-0.25, -0.2) is 0 Å². The van der Waals surface area contributed by atoms with Gasteiger partial charge in [0.05, 0.1) is 18.6 Å². The van der Waals surface area contributed by atoms with Gasteiger partial charge in [0, 0.05) is 0 Å².